The van der Waals surface area contributed by atoms with Crippen LogP contribution in [0.4, 0.5) is 10.1 Å². The zero-order chi connectivity index (χ0) is 15.5. The number of aromatic nitrogens is 2. The predicted octanol–water partition coefficient (Wildman–Crippen LogP) is 3.40. The van der Waals surface area contributed by atoms with Gasteiger partial charge in [-0.15, -0.1) is 0 Å². The number of benzene rings is 1. The Morgan fingerprint density at radius 2 is 2.09 bits per heavy atom. The summed E-state index contributed by atoms with van der Waals surface area (Å²) in [4.78, 5) is 20.3. The number of carbonyl (C=O) groups is 1. The molecule has 112 valence electrons. The van der Waals surface area contributed by atoms with Gasteiger partial charge in [0.2, 0.25) is 5.91 Å². The molecule has 0 saturated heterocycles. The second-order valence-electron chi connectivity index (χ2n) is 4.57. The number of pyridine rings is 1. The number of oxazole rings is 1. The molecule has 0 atom stereocenters. The fourth-order valence-electron chi connectivity index (χ4n) is 1.83. The molecule has 2 heterocycles. The largest absolute Gasteiger partial charge is 0.430 e. The Morgan fingerprint density at radius 3 is 2.91 bits per heavy atom. The van der Waals surface area contributed by atoms with Crippen LogP contribution in [0.5, 0.6) is 0 Å². The molecule has 0 fully saturated rings. The number of aryl methyl sites for hydroxylation is 1. The lowest BCUT2D eigenvalue weighted by molar-refractivity contribution is -0.113. The van der Waals surface area contributed by atoms with Crippen LogP contribution in [0.15, 0.2) is 46.0 Å². The van der Waals surface area contributed by atoms with Crippen LogP contribution in [0.2, 0.25) is 0 Å². The summed E-state index contributed by atoms with van der Waals surface area (Å²) in [6.45, 7) is 1.86. The lowest BCUT2D eigenvalue weighted by atomic mass is 10.3. The zero-order valence-corrected chi connectivity index (χ0v) is 12.5. The minimum absolute atomic E-state index is 0.0696. The lowest BCUT2D eigenvalue weighted by Crippen LogP contribution is -2.14. The smallest absolute Gasteiger partial charge is 0.258 e. The number of halogens is 1. The van der Waals surface area contributed by atoms with Crippen molar-refractivity contribution >= 4 is 34.6 Å². The number of hydrogen-bond donors (Lipinski definition) is 1. The Hall–Kier alpha value is -2.41. The van der Waals surface area contributed by atoms with Gasteiger partial charge in [0.05, 0.1) is 11.4 Å². The van der Waals surface area contributed by atoms with Gasteiger partial charge in [0.25, 0.3) is 5.22 Å². The molecule has 3 rings (SSSR count). The van der Waals surface area contributed by atoms with Crippen molar-refractivity contribution in [3.05, 3.63) is 47.9 Å². The molecule has 0 radical (unpaired) electrons. The summed E-state index contributed by atoms with van der Waals surface area (Å²) in [5.41, 5.74) is 2.08. The van der Waals surface area contributed by atoms with Crippen LogP contribution in [0.3, 0.4) is 0 Å². The quantitative estimate of drug-likeness (QED) is 0.747. The molecule has 3 aromatic rings. The minimum atomic E-state index is -0.470. The monoisotopic (exact) mass is 317 g/mol. The maximum Gasteiger partial charge on any atom is 0.258 e. The summed E-state index contributed by atoms with van der Waals surface area (Å²) in [5.74, 6) is -0.732. The Kier molecular flexibility index (Phi) is 4.06. The van der Waals surface area contributed by atoms with Crippen molar-refractivity contribution in [1.29, 1.82) is 0 Å². The molecule has 0 aliphatic rings. The van der Waals surface area contributed by atoms with Crippen LogP contribution in [0.1, 0.15) is 5.69 Å². The average Bonchev–Trinajstić information content (AvgIpc) is 2.89. The Labute approximate surface area is 129 Å². The maximum absolute atomic E-state index is 13.4. The zero-order valence-electron chi connectivity index (χ0n) is 11.7. The third-order valence-corrected chi connectivity index (χ3v) is 3.68. The fourth-order valence-corrected chi connectivity index (χ4v) is 2.46. The second kappa shape index (κ2) is 6.15. The van der Waals surface area contributed by atoms with Crippen LogP contribution in [0, 0.1) is 12.7 Å². The Bertz CT molecular complexity index is 835. The third kappa shape index (κ3) is 3.25. The van der Waals surface area contributed by atoms with E-state index in [1.54, 1.807) is 18.2 Å². The number of hydrogen-bond acceptors (Lipinski definition) is 5. The lowest BCUT2D eigenvalue weighted by Gasteiger charge is -2.04. The number of amides is 1. The first-order valence-electron chi connectivity index (χ1n) is 6.53. The SMILES string of the molecule is Cc1ccc2oc(SCC(=O)Nc3ccccc3F)nc2n1. The van der Waals surface area contributed by atoms with Gasteiger partial charge in [-0.3, -0.25) is 4.79 Å². The molecular formula is C15H12FN3O2S. The first-order valence-corrected chi connectivity index (χ1v) is 7.52. The number of nitrogens with zero attached hydrogens (tertiary/aromatic N) is 2. The fraction of sp³-hybridized carbons (Fsp3) is 0.133. The van der Waals surface area contributed by atoms with Crippen molar-refractivity contribution in [2.45, 2.75) is 12.1 Å². The highest BCUT2D eigenvalue weighted by atomic mass is 32.2. The second-order valence-corrected chi connectivity index (χ2v) is 5.50. The van der Waals surface area contributed by atoms with Crippen molar-refractivity contribution in [2.75, 3.05) is 11.1 Å². The first-order chi connectivity index (χ1) is 10.6. The van der Waals surface area contributed by atoms with Gasteiger partial charge in [-0.1, -0.05) is 23.9 Å². The molecule has 1 N–H and O–H groups in total. The molecule has 0 saturated carbocycles. The molecule has 0 spiro atoms. The molecule has 7 heteroatoms. The molecule has 1 aromatic carbocycles. The average molecular weight is 317 g/mol. The summed E-state index contributed by atoms with van der Waals surface area (Å²) in [7, 11) is 0. The normalized spacial score (nSPS) is 10.8. The number of para-hydroxylation sites is 1. The third-order valence-electron chi connectivity index (χ3n) is 2.85. The number of nitrogens with one attached hydrogen (secondary N) is 1. The highest BCUT2D eigenvalue weighted by Crippen LogP contribution is 2.23. The van der Waals surface area contributed by atoms with E-state index in [0.29, 0.717) is 16.5 Å². The van der Waals surface area contributed by atoms with Crippen molar-refractivity contribution in [1.82, 2.24) is 9.97 Å². The van der Waals surface area contributed by atoms with Gasteiger partial charge < -0.3 is 9.73 Å². The summed E-state index contributed by atoms with van der Waals surface area (Å²) >= 11 is 1.13. The van der Waals surface area contributed by atoms with Crippen LogP contribution < -0.4 is 5.32 Å². The standard InChI is InChI=1S/C15H12FN3O2S/c1-9-6-7-12-14(17-9)19-15(21-12)22-8-13(20)18-11-5-3-2-4-10(11)16/h2-7H,8H2,1H3,(H,18,20). The topological polar surface area (TPSA) is 68.0 Å². The first kappa shape index (κ1) is 14.5. The molecule has 0 aliphatic heterocycles. The summed E-state index contributed by atoms with van der Waals surface area (Å²) in [5, 5.41) is 2.86. The molecule has 0 bridgehead atoms. The summed E-state index contributed by atoms with van der Waals surface area (Å²) < 4.78 is 18.9. The van der Waals surface area contributed by atoms with Gasteiger partial charge in [0.15, 0.2) is 11.2 Å². The van der Waals surface area contributed by atoms with Crippen molar-refractivity contribution in [3.63, 3.8) is 0 Å². The summed E-state index contributed by atoms with van der Waals surface area (Å²) in [6, 6.07) is 9.62. The van der Waals surface area contributed by atoms with Crippen molar-refractivity contribution in [2.24, 2.45) is 0 Å². The van der Waals surface area contributed by atoms with Crippen molar-refractivity contribution in [3.8, 4) is 0 Å². The van der Waals surface area contributed by atoms with Crippen LogP contribution in [-0.4, -0.2) is 21.6 Å². The van der Waals surface area contributed by atoms with Gasteiger partial charge >= 0.3 is 0 Å². The number of thioether (sulfide) groups is 1. The van der Waals surface area contributed by atoms with Crippen molar-refractivity contribution < 1.29 is 13.6 Å². The molecule has 5 nitrogen and oxygen atoms in total. The van der Waals surface area contributed by atoms with Gasteiger partial charge in [0, 0.05) is 5.69 Å². The van der Waals surface area contributed by atoms with Gasteiger partial charge in [0.1, 0.15) is 5.82 Å². The Morgan fingerprint density at radius 1 is 1.27 bits per heavy atom. The number of anilines is 1. The molecule has 0 aliphatic carbocycles. The highest BCUT2D eigenvalue weighted by Gasteiger charge is 2.11. The van der Waals surface area contributed by atoms with Gasteiger partial charge in [-0.05, 0) is 31.2 Å². The van der Waals surface area contributed by atoms with E-state index in [2.05, 4.69) is 15.3 Å². The van der Waals surface area contributed by atoms with E-state index in [-0.39, 0.29) is 17.3 Å². The number of fused-ring (bicyclic) bond motifs is 1. The number of rotatable bonds is 4. The van der Waals surface area contributed by atoms with E-state index < -0.39 is 5.82 Å². The molecular weight excluding hydrogens is 305 g/mol. The predicted molar refractivity (Wildman–Crippen MR) is 82.3 cm³/mol. The van der Waals surface area contributed by atoms with Gasteiger partial charge in [-0.2, -0.15) is 4.98 Å². The van der Waals surface area contributed by atoms with E-state index in [1.165, 1.54) is 12.1 Å². The van der Waals surface area contributed by atoms with Crippen LogP contribution >= 0.6 is 11.8 Å². The van der Waals surface area contributed by atoms with E-state index in [4.69, 9.17) is 4.42 Å². The molecule has 0 unspecified atom stereocenters. The van der Waals surface area contributed by atoms with Crippen LogP contribution in [0.25, 0.3) is 11.2 Å². The summed E-state index contributed by atoms with van der Waals surface area (Å²) in [6.07, 6.45) is 0. The van der Waals surface area contributed by atoms with Crippen LogP contribution in [-0.2, 0) is 4.79 Å². The maximum atomic E-state index is 13.4. The van der Waals surface area contributed by atoms with E-state index >= 15 is 0 Å². The molecule has 1 amide bonds. The molecule has 22 heavy (non-hydrogen) atoms. The van der Waals surface area contributed by atoms with E-state index in [0.717, 1.165) is 17.5 Å². The highest BCUT2D eigenvalue weighted by molar-refractivity contribution is 7.99. The van der Waals surface area contributed by atoms with Gasteiger partial charge in [-0.25, -0.2) is 9.37 Å². The van der Waals surface area contributed by atoms with E-state index in [1.807, 2.05) is 13.0 Å². The number of carbonyl (C=O) groups excluding carboxylic acids is 1. The molecule has 2 aromatic heterocycles. The minimum Gasteiger partial charge on any atom is -0.430 e. The van der Waals surface area contributed by atoms with E-state index in [9.17, 15) is 9.18 Å². The Balaban J connectivity index is 1.63.